The fraction of sp³-hybridized carbons (Fsp3) is 0.667. The van der Waals surface area contributed by atoms with Gasteiger partial charge in [0.1, 0.15) is 0 Å². The highest BCUT2D eigenvalue weighted by atomic mass is 32.2. The average Bonchev–Trinajstić information content (AvgIpc) is 2.96. The fourth-order valence-electron chi connectivity index (χ4n) is 1.96. The Morgan fingerprint density at radius 2 is 2.17 bits per heavy atom. The molecule has 0 unspecified atom stereocenters. The van der Waals surface area contributed by atoms with Gasteiger partial charge < -0.3 is 5.73 Å². The number of imide groups is 1. The minimum Gasteiger partial charge on any atom is -0.351 e. The van der Waals surface area contributed by atoms with Crippen molar-refractivity contribution >= 4 is 23.7 Å². The van der Waals surface area contributed by atoms with Crippen LogP contribution in [-0.4, -0.2) is 37.9 Å². The van der Waals surface area contributed by atoms with Crippen molar-refractivity contribution in [2.45, 2.75) is 36.9 Å². The summed E-state index contributed by atoms with van der Waals surface area (Å²) in [4.78, 5) is 21.8. The summed E-state index contributed by atoms with van der Waals surface area (Å²) in [6, 6.07) is -0.530. The Morgan fingerprint density at radius 1 is 1.44 bits per heavy atom. The van der Waals surface area contributed by atoms with Gasteiger partial charge in [-0.1, -0.05) is 24.6 Å². The van der Waals surface area contributed by atoms with E-state index in [0.29, 0.717) is 11.2 Å². The number of urea groups is 1. The van der Waals surface area contributed by atoms with Crippen LogP contribution in [0.2, 0.25) is 0 Å². The minimum absolute atomic E-state index is 0.0655. The van der Waals surface area contributed by atoms with Crippen LogP contribution in [0.1, 0.15) is 31.7 Å². The second-order valence-corrected chi connectivity index (χ2v) is 4.99. The molecule has 0 aromatic carbocycles. The lowest BCUT2D eigenvalue weighted by Crippen LogP contribution is -2.36. The molecule has 0 radical (unpaired) electrons. The molecule has 3 amide bonds. The van der Waals surface area contributed by atoms with Crippen LogP contribution < -0.4 is 11.1 Å². The van der Waals surface area contributed by atoms with Crippen molar-refractivity contribution in [1.82, 2.24) is 25.5 Å². The Bertz CT molecular complexity index is 442. The van der Waals surface area contributed by atoms with Gasteiger partial charge in [0.25, 0.3) is 0 Å². The van der Waals surface area contributed by atoms with E-state index in [-0.39, 0.29) is 5.75 Å². The summed E-state index contributed by atoms with van der Waals surface area (Å²) in [5.41, 5.74) is 4.85. The van der Waals surface area contributed by atoms with Crippen LogP contribution in [-0.2, 0) is 4.79 Å². The molecule has 18 heavy (non-hydrogen) atoms. The van der Waals surface area contributed by atoms with Crippen LogP contribution in [0.4, 0.5) is 4.79 Å². The molecular formula is C9H14N6O2S. The molecule has 0 aliphatic heterocycles. The van der Waals surface area contributed by atoms with E-state index in [1.807, 2.05) is 5.32 Å². The van der Waals surface area contributed by atoms with Crippen LogP contribution >= 0.6 is 11.8 Å². The lowest BCUT2D eigenvalue weighted by molar-refractivity contribution is -0.117. The van der Waals surface area contributed by atoms with Gasteiger partial charge >= 0.3 is 6.03 Å². The van der Waals surface area contributed by atoms with E-state index in [4.69, 9.17) is 5.73 Å². The highest BCUT2D eigenvalue weighted by molar-refractivity contribution is 7.99. The third kappa shape index (κ3) is 3.19. The molecule has 1 aromatic heterocycles. The molecule has 1 aromatic rings. The number of hydrogen-bond acceptors (Lipinski definition) is 6. The van der Waals surface area contributed by atoms with Gasteiger partial charge in [0.05, 0.1) is 11.8 Å². The number of nitrogens with zero attached hydrogens (tertiary/aromatic N) is 4. The Balaban J connectivity index is 1.91. The Labute approximate surface area is 108 Å². The quantitative estimate of drug-likeness (QED) is 0.748. The lowest BCUT2D eigenvalue weighted by Gasteiger charge is -2.10. The number of nitrogens with two attached hydrogens (primary N) is 1. The molecule has 98 valence electrons. The molecule has 1 aliphatic rings. The molecule has 0 saturated heterocycles. The molecule has 1 heterocycles. The van der Waals surface area contributed by atoms with Crippen LogP contribution in [0.5, 0.6) is 0 Å². The number of thioether (sulfide) groups is 1. The third-order valence-corrected chi connectivity index (χ3v) is 3.66. The second-order valence-electron chi connectivity index (χ2n) is 4.05. The highest BCUT2D eigenvalue weighted by Gasteiger charge is 2.22. The number of primary amides is 1. The molecular weight excluding hydrogens is 256 g/mol. The molecule has 8 nitrogen and oxygen atoms in total. The number of amides is 3. The van der Waals surface area contributed by atoms with Crippen LogP contribution in [0.25, 0.3) is 0 Å². The number of tetrazole rings is 1. The van der Waals surface area contributed by atoms with Gasteiger partial charge in [-0.3, -0.25) is 10.1 Å². The summed E-state index contributed by atoms with van der Waals surface area (Å²) >= 11 is 1.20. The largest absolute Gasteiger partial charge is 0.351 e. The van der Waals surface area contributed by atoms with Gasteiger partial charge in [-0.15, -0.1) is 5.10 Å². The first-order valence-electron chi connectivity index (χ1n) is 5.67. The number of nitrogens with one attached hydrogen (secondary N) is 1. The second kappa shape index (κ2) is 5.80. The van der Waals surface area contributed by atoms with Crippen LogP contribution in [0.3, 0.4) is 0 Å². The van der Waals surface area contributed by atoms with Crippen molar-refractivity contribution in [3.05, 3.63) is 0 Å². The lowest BCUT2D eigenvalue weighted by atomic mass is 10.3. The van der Waals surface area contributed by atoms with E-state index in [0.717, 1.165) is 12.8 Å². The maximum atomic E-state index is 11.3. The molecule has 9 heteroatoms. The molecule has 1 fully saturated rings. The van der Waals surface area contributed by atoms with Gasteiger partial charge in [0, 0.05) is 0 Å². The first kappa shape index (κ1) is 12.8. The summed E-state index contributed by atoms with van der Waals surface area (Å²) in [5.74, 6) is -0.385. The SMILES string of the molecule is NC(=O)NC(=O)CSc1nnnn1C1CCCC1. The molecule has 0 spiro atoms. The number of carbonyl (C=O) groups is 2. The summed E-state index contributed by atoms with van der Waals surface area (Å²) in [6.07, 6.45) is 4.48. The van der Waals surface area contributed by atoms with Gasteiger partial charge in [-0.25, -0.2) is 9.48 Å². The van der Waals surface area contributed by atoms with E-state index in [9.17, 15) is 9.59 Å². The third-order valence-electron chi connectivity index (χ3n) is 2.73. The molecule has 1 saturated carbocycles. The van der Waals surface area contributed by atoms with Crippen molar-refractivity contribution in [3.8, 4) is 0 Å². The van der Waals surface area contributed by atoms with Crippen molar-refractivity contribution < 1.29 is 9.59 Å². The van der Waals surface area contributed by atoms with Gasteiger partial charge in [-0.2, -0.15) is 0 Å². The van der Waals surface area contributed by atoms with Gasteiger partial charge in [0.2, 0.25) is 11.1 Å². The predicted octanol–water partition coefficient (Wildman–Crippen LogP) is 0.0752. The van der Waals surface area contributed by atoms with Gasteiger partial charge in [0.15, 0.2) is 0 Å². The predicted molar refractivity (Wildman–Crippen MR) is 63.8 cm³/mol. The normalized spacial score (nSPS) is 15.8. The van der Waals surface area contributed by atoms with Crippen LogP contribution in [0, 0.1) is 0 Å². The molecule has 2 rings (SSSR count). The highest BCUT2D eigenvalue weighted by Crippen LogP contribution is 2.31. The Hall–Kier alpha value is -1.64. The van der Waals surface area contributed by atoms with E-state index in [1.165, 1.54) is 24.6 Å². The van der Waals surface area contributed by atoms with E-state index in [1.54, 1.807) is 4.68 Å². The first-order chi connectivity index (χ1) is 8.66. The summed E-state index contributed by atoms with van der Waals surface area (Å²) < 4.78 is 1.76. The van der Waals surface area contributed by atoms with Crippen molar-refractivity contribution in [2.24, 2.45) is 5.73 Å². The number of carbonyl (C=O) groups excluding carboxylic acids is 2. The van der Waals surface area contributed by atoms with Crippen LogP contribution in [0.15, 0.2) is 5.16 Å². The summed E-state index contributed by atoms with van der Waals surface area (Å²) in [7, 11) is 0. The van der Waals surface area contributed by atoms with E-state index >= 15 is 0 Å². The van der Waals surface area contributed by atoms with Crippen molar-refractivity contribution in [1.29, 1.82) is 0 Å². The zero-order valence-electron chi connectivity index (χ0n) is 9.70. The summed E-state index contributed by atoms with van der Waals surface area (Å²) in [5, 5.41) is 14.0. The maximum absolute atomic E-state index is 11.3. The smallest absolute Gasteiger partial charge is 0.318 e. The number of rotatable bonds is 4. The molecule has 1 aliphatic carbocycles. The van der Waals surface area contributed by atoms with E-state index < -0.39 is 11.9 Å². The first-order valence-corrected chi connectivity index (χ1v) is 6.65. The topological polar surface area (TPSA) is 116 Å². The van der Waals surface area contributed by atoms with Crippen molar-refractivity contribution in [2.75, 3.05) is 5.75 Å². The molecule has 0 atom stereocenters. The summed E-state index contributed by atoms with van der Waals surface area (Å²) in [6.45, 7) is 0. The minimum atomic E-state index is -0.851. The van der Waals surface area contributed by atoms with Gasteiger partial charge in [-0.05, 0) is 23.3 Å². The average molecular weight is 270 g/mol. The Morgan fingerprint density at radius 3 is 2.83 bits per heavy atom. The Kier molecular flexibility index (Phi) is 4.13. The molecule has 0 bridgehead atoms. The standard InChI is InChI=1S/C9H14N6O2S/c10-8(17)11-7(16)5-18-9-12-13-14-15(9)6-3-1-2-4-6/h6H,1-5H2,(H3,10,11,16,17). The van der Waals surface area contributed by atoms with Crippen molar-refractivity contribution in [3.63, 3.8) is 0 Å². The van der Waals surface area contributed by atoms with E-state index in [2.05, 4.69) is 15.5 Å². The zero-order chi connectivity index (χ0) is 13.0. The fourth-order valence-corrected chi connectivity index (χ4v) is 2.71. The number of aromatic nitrogens is 4. The molecule has 3 N–H and O–H groups in total. The zero-order valence-corrected chi connectivity index (χ0v) is 10.5. The maximum Gasteiger partial charge on any atom is 0.318 e. The monoisotopic (exact) mass is 270 g/mol. The number of hydrogen-bond donors (Lipinski definition) is 2.